The summed E-state index contributed by atoms with van der Waals surface area (Å²) >= 11 is 0. The van der Waals surface area contributed by atoms with Gasteiger partial charge in [0.25, 0.3) is 17.7 Å². The van der Waals surface area contributed by atoms with Crippen LogP contribution in [0.5, 0.6) is 5.75 Å². The lowest BCUT2D eigenvalue weighted by Crippen LogP contribution is -2.52. The minimum Gasteiger partial charge on any atom is -0.493 e. The zero-order valence-electron chi connectivity index (χ0n) is 18.7. The second-order valence-electron chi connectivity index (χ2n) is 7.80. The highest BCUT2D eigenvalue weighted by Gasteiger charge is 2.35. The summed E-state index contributed by atoms with van der Waals surface area (Å²) in [6, 6.07) is 12.3. The van der Waals surface area contributed by atoms with Gasteiger partial charge >= 0.3 is 0 Å². The zero-order chi connectivity index (χ0) is 23.1. The lowest BCUT2D eigenvalue weighted by Gasteiger charge is -2.25. The second-order valence-corrected chi connectivity index (χ2v) is 7.80. The number of carbonyl (C=O) groups is 3. The van der Waals surface area contributed by atoms with Gasteiger partial charge in [0.15, 0.2) is 0 Å². The molecule has 170 valence electrons. The van der Waals surface area contributed by atoms with Gasteiger partial charge in [0.2, 0.25) is 0 Å². The molecule has 2 aromatic carbocycles. The van der Waals surface area contributed by atoms with Crippen molar-refractivity contribution < 1.29 is 19.1 Å². The largest absolute Gasteiger partial charge is 0.493 e. The Balaban J connectivity index is 1.55. The Hall–Kier alpha value is -3.55. The van der Waals surface area contributed by atoms with Crippen LogP contribution in [0.1, 0.15) is 41.3 Å². The van der Waals surface area contributed by atoms with Crippen LogP contribution in [0.2, 0.25) is 0 Å². The molecule has 3 amide bonds. The molecule has 0 bridgehead atoms. The smallest absolute Gasteiger partial charge is 0.261 e. The maximum Gasteiger partial charge on any atom is 0.261 e. The first-order chi connectivity index (χ1) is 15.4. The quantitative estimate of drug-likeness (QED) is 0.577. The van der Waals surface area contributed by atoms with E-state index in [4.69, 9.17) is 4.74 Å². The van der Waals surface area contributed by atoms with Crippen LogP contribution in [0, 0.1) is 13.8 Å². The molecule has 0 radical (unpaired) electrons. The Morgan fingerprint density at radius 2 is 1.88 bits per heavy atom. The number of likely N-dealkylation sites (tertiary alicyclic amines) is 1. The molecule has 3 N–H and O–H groups in total. The first kappa shape index (κ1) is 23.1. The van der Waals surface area contributed by atoms with Crippen molar-refractivity contribution in [1.82, 2.24) is 15.8 Å². The van der Waals surface area contributed by atoms with E-state index in [1.807, 2.05) is 39.0 Å². The number of benzene rings is 2. The van der Waals surface area contributed by atoms with Crippen molar-refractivity contribution >= 4 is 23.4 Å². The minimum absolute atomic E-state index is 0.0131. The SMILES string of the molecule is CCOc1ccccc1C(=O)N1CCCC1C(=O)NNC(=O)CNc1ccc(C)cc1C. The fourth-order valence-electron chi connectivity index (χ4n) is 3.81. The average Bonchev–Trinajstić information content (AvgIpc) is 3.27. The molecule has 1 unspecified atom stereocenters. The van der Waals surface area contributed by atoms with E-state index in [-0.39, 0.29) is 18.4 Å². The van der Waals surface area contributed by atoms with Gasteiger partial charge in [0, 0.05) is 12.2 Å². The van der Waals surface area contributed by atoms with Gasteiger partial charge in [-0.3, -0.25) is 25.2 Å². The van der Waals surface area contributed by atoms with Crippen LogP contribution >= 0.6 is 0 Å². The van der Waals surface area contributed by atoms with Gasteiger partial charge in [-0.1, -0.05) is 29.8 Å². The van der Waals surface area contributed by atoms with Crippen LogP contribution in [0.15, 0.2) is 42.5 Å². The molecule has 1 atom stereocenters. The maximum atomic E-state index is 13.1. The highest BCUT2D eigenvalue weighted by molar-refractivity contribution is 6.00. The Kier molecular flexibility index (Phi) is 7.70. The standard InChI is InChI=1S/C24H30N4O4/c1-4-32-21-10-6-5-8-18(21)24(31)28-13-7-9-20(28)23(30)27-26-22(29)15-25-19-12-11-16(2)14-17(19)3/h5-6,8,10-12,14,20,25H,4,7,9,13,15H2,1-3H3,(H,26,29)(H,27,30). The van der Waals surface area contributed by atoms with Gasteiger partial charge in [0.1, 0.15) is 11.8 Å². The Bertz CT molecular complexity index is 992. The number of para-hydroxylation sites is 1. The number of hydrogen-bond acceptors (Lipinski definition) is 5. The number of anilines is 1. The third-order valence-corrected chi connectivity index (χ3v) is 5.38. The summed E-state index contributed by atoms with van der Waals surface area (Å²) in [5.74, 6) is -0.549. The molecule has 1 aliphatic rings. The van der Waals surface area contributed by atoms with E-state index >= 15 is 0 Å². The molecule has 32 heavy (non-hydrogen) atoms. The predicted molar refractivity (Wildman–Crippen MR) is 122 cm³/mol. The monoisotopic (exact) mass is 438 g/mol. The summed E-state index contributed by atoms with van der Waals surface area (Å²) in [7, 11) is 0. The molecule has 0 aliphatic carbocycles. The summed E-state index contributed by atoms with van der Waals surface area (Å²) in [6.07, 6.45) is 1.24. The third kappa shape index (κ3) is 5.57. The molecule has 1 aliphatic heterocycles. The molecule has 0 saturated carbocycles. The van der Waals surface area contributed by atoms with E-state index in [0.717, 1.165) is 16.8 Å². The second kappa shape index (κ2) is 10.7. The molecule has 8 nitrogen and oxygen atoms in total. The summed E-state index contributed by atoms with van der Waals surface area (Å²) in [6.45, 7) is 6.75. The Labute approximate surface area is 188 Å². The molecule has 1 heterocycles. The number of nitrogens with zero attached hydrogens (tertiary/aromatic N) is 1. The van der Waals surface area contributed by atoms with Crippen LogP contribution in [-0.2, 0) is 9.59 Å². The van der Waals surface area contributed by atoms with Gasteiger partial charge < -0.3 is 15.0 Å². The van der Waals surface area contributed by atoms with Crippen LogP contribution in [0.3, 0.4) is 0 Å². The molecular weight excluding hydrogens is 408 g/mol. The summed E-state index contributed by atoms with van der Waals surface area (Å²) < 4.78 is 5.56. The van der Waals surface area contributed by atoms with Gasteiger partial charge in [-0.05, 0) is 57.4 Å². The zero-order valence-corrected chi connectivity index (χ0v) is 18.7. The molecular formula is C24H30N4O4. The van der Waals surface area contributed by atoms with Gasteiger partial charge in [-0.15, -0.1) is 0 Å². The highest BCUT2D eigenvalue weighted by atomic mass is 16.5. The van der Waals surface area contributed by atoms with Gasteiger partial charge in [0.05, 0.1) is 18.7 Å². The molecule has 0 spiro atoms. The maximum absolute atomic E-state index is 13.1. The van der Waals surface area contributed by atoms with Crippen molar-refractivity contribution in [3.8, 4) is 5.75 Å². The number of aryl methyl sites for hydroxylation is 2. The van der Waals surface area contributed by atoms with E-state index in [1.165, 1.54) is 4.90 Å². The van der Waals surface area contributed by atoms with E-state index in [1.54, 1.807) is 24.3 Å². The minimum atomic E-state index is -0.648. The molecule has 0 aromatic heterocycles. The topological polar surface area (TPSA) is 99.8 Å². The van der Waals surface area contributed by atoms with Crippen molar-refractivity contribution in [2.45, 2.75) is 39.7 Å². The number of hydrogen-bond donors (Lipinski definition) is 3. The first-order valence-electron chi connectivity index (χ1n) is 10.8. The number of amides is 3. The number of hydrazine groups is 1. The summed E-state index contributed by atoms with van der Waals surface area (Å²) in [4.78, 5) is 39.5. The van der Waals surface area contributed by atoms with Crippen LogP contribution in [-0.4, -0.2) is 48.4 Å². The van der Waals surface area contributed by atoms with Crippen molar-refractivity contribution in [2.75, 3.05) is 25.0 Å². The molecule has 1 fully saturated rings. The Morgan fingerprint density at radius 1 is 1.09 bits per heavy atom. The number of nitrogens with one attached hydrogen (secondary N) is 3. The van der Waals surface area contributed by atoms with E-state index in [9.17, 15) is 14.4 Å². The molecule has 3 rings (SSSR count). The lowest BCUT2D eigenvalue weighted by molar-refractivity contribution is -0.130. The average molecular weight is 439 g/mol. The van der Waals surface area contributed by atoms with Crippen molar-refractivity contribution in [3.63, 3.8) is 0 Å². The van der Waals surface area contributed by atoms with Crippen molar-refractivity contribution in [3.05, 3.63) is 59.2 Å². The van der Waals surface area contributed by atoms with E-state index in [2.05, 4.69) is 16.2 Å². The lowest BCUT2D eigenvalue weighted by atomic mass is 10.1. The number of carbonyl (C=O) groups excluding carboxylic acids is 3. The van der Waals surface area contributed by atoms with Crippen molar-refractivity contribution in [2.24, 2.45) is 0 Å². The van der Waals surface area contributed by atoms with Crippen LogP contribution < -0.4 is 20.9 Å². The summed E-state index contributed by atoms with van der Waals surface area (Å²) in [5, 5.41) is 3.06. The number of ether oxygens (including phenoxy) is 1. The van der Waals surface area contributed by atoms with Crippen molar-refractivity contribution in [1.29, 1.82) is 0 Å². The fraction of sp³-hybridized carbons (Fsp3) is 0.375. The third-order valence-electron chi connectivity index (χ3n) is 5.38. The highest BCUT2D eigenvalue weighted by Crippen LogP contribution is 2.25. The Morgan fingerprint density at radius 3 is 2.62 bits per heavy atom. The summed E-state index contributed by atoms with van der Waals surface area (Å²) in [5.41, 5.74) is 8.35. The molecule has 8 heteroatoms. The van der Waals surface area contributed by atoms with E-state index in [0.29, 0.717) is 37.3 Å². The normalized spacial score (nSPS) is 15.2. The predicted octanol–water partition coefficient (Wildman–Crippen LogP) is 2.57. The molecule has 1 saturated heterocycles. The fourth-order valence-corrected chi connectivity index (χ4v) is 3.81. The van der Waals surface area contributed by atoms with E-state index < -0.39 is 11.9 Å². The molecule has 2 aromatic rings. The van der Waals surface area contributed by atoms with Crippen LogP contribution in [0.25, 0.3) is 0 Å². The van der Waals surface area contributed by atoms with Gasteiger partial charge in [-0.25, -0.2) is 0 Å². The van der Waals surface area contributed by atoms with Crippen LogP contribution in [0.4, 0.5) is 5.69 Å². The first-order valence-corrected chi connectivity index (χ1v) is 10.8. The number of rotatable bonds is 7. The van der Waals surface area contributed by atoms with Gasteiger partial charge in [-0.2, -0.15) is 0 Å².